The third kappa shape index (κ3) is 16.2. The monoisotopic (exact) mass is 295 g/mol. The van der Waals surface area contributed by atoms with Gasteiger partial charge in [0.2, 0.25) is 0 Å². The predicted octanol–water partition coefficient (Wildman–Crippen LogP) is 8.11. The maximum absolute atomic E-state index is 4.16. The van der Waals surface area contributed by atoms with Gasteiger partial charge in [-0.05, 0) is 5.92 Å². The van der Waals surface area contributed by atoms with Gasteiger partial charge in [0.1, 0.15) is 0 Å². The van der Waals surface area contributed by atoms with Gasteiger partial charge in [0.15, 0.2) is 0 Å². The van der Waals surface area contributed by atoms with Crippen LogP contribution in [0.3, 0.4) is 0 Å². The first kappa shape index (κ1) is 21.0. The summed E-state index contributed by atoms with van der Waals surface area (Å²) in [5.41, 5.74) is 0. The maximum atomic E-state index is 4.16. The van der Waals surface area contributed by atoms with Crippen LogP contribution in [-0.2, 0) is 0 Å². The van der Waals surface area contributed by atoms with Crippen molar-refractivity contribution in [2.24, 2.45) is 5.92 Å². The van der Waals surface area contributed by atoms with E-state index in [2.05, 4.69) is 20.8 Å². The summed E-state index contributed by atoms with van der Waals surface area (Å²) < 4.78 is 0. The molecule has 0 aliphatic heterocycles. The van der Waals surface area contributed by atoms with E-state index in [4.69, 9.17) is 0 Å². The fraction of sp³-hybridized carbons (Fsp3) is 0.952. The van der Waals surface area contributed by atoms with Crippen LogP contribution in [0, 0.1) is 12.8 Å². The topological polar surface area (TPSA) is 0 Å². The molecule has 0 bridgehead atoms. The number of unbranched alkanes of at least 4 members (excludes halogenated alkanes) is 12. The Morgan fingerprint density at radius 3 is 1.19 bits per heavy atom. The molecule has 0 aromatic heterocycles. The molecule has 1 radical (unpaired) electrons. The lowest BCUT2D eigenvalue weighted by Gasteiger charge is -2.14. The molecule has 0 aliphatic rings. The largest absolute Gasteiger partial charge is 0.0654 e. The average molecular weight is 296 g/mol. The van der Waals surface area contributed by atoms with Gasteiger partial charge in [-0.15, -0.1) is 0 Å². The van der Waals surface area contributed by atoms with Crippen LogP contribution in [0.1, 0.15) is 123 Å². The van der Waals surface area contributed by atoms with Crippen molar-refractivity contribution in [3.8, 4) is 0 Å². The van der Waals surface area contributed by atoms with Gasteiger partial charge < -0.3 is 0 Å². The number of rotatable bonds is 17. The van der Waals surface area contributed by atoms with Gasteiger partial charge in [0.05, 0.1) is 0 Å². The Balaban J connectivity index is 3.26. The van der Waals surface area contributed by atoms with E-state index in [-0.39, 0.29) is 0 Å². The summed E-state index contributed by atoms with van der Waals surface area (Å²) >= 11 is 0. The van der Waals surface area contributed by atoms with Crippen LogP contribution < -0.4 is 0 Å². The molecule has 127 valence electrons. The second-order valence-electron chi connectivity index (χ2n) is 6.97. The number of hydrogen-bond acceptors (Lipinski definition) is 0. The molecular weight excluding hydrogens is 252 g/mol. The molecule has 0 fully saturated rings. The molecule has 1 unspecified atom stereocenters. The van der Waals surface area contributed by atoms with Crippen LogP contribution in [0.2, 0.25) is 0 Å². The Bertz CT molecular complexity index is 173. The van der Waals surface area contributed by atoms with Crippen molar-refractivity contribution >= 4 is 0 Å². The predicted molar refractivity (Wildman–Crippen MR) is 98.7 cm³/mol. The first-order valence-corrected chi connectivity index (χ1v) is 10.1. The van der Waals surface area contributed by atoms with E-state index in [1.807, 2.05) is 0 Å². The summed E-state index contributed by atoms with van der Waals surface area (Å²) in [5.74, 6) is 0.913. The lowest BCUT2D eigenvalue weighted by atomic mass is 9.92. The van der Waals surface area contributed by atoms with Crippen molar-refractivity contribution in [2.45, 2.75) is 123 Å². The van der Waals surface area contributed by atoms with Gasteiger partial charge in [-0.3, -0.25) is 0 Å². The Morgan fingerprint density at radius 1 is 0.524 bits per heavy atom. The Labute approximate surface area is 136 Å². The molecule has 1 atom stereocenters. The standard InChI is InChI=1S/C21H43/c1-4-7-9-11-12-13-14-16-18-20-21(6-3)19-17-15-10-8-5-2/h21H,3-20H2,1-2H3. The summed E-state index contributed by atoms with van der Waals surface area (Å²) in [6.07, 6.45) is 24.2. The van der Waals surface area contributed by atoms with E-state index >= 15 is 0 Å². The van der Waals surface area contributed by atoms with Gasteiger partial charge >= 0.3 is 0 Å². The van der Waals surface area contributed by atoms with Crippen molar-refractivity contribution < 1.29 is 0 Å². The van der Waals surface area contributed by atoms with Crippen LogP contribution >= 0.6 is 0 Å². The molecule has 0 spiro atoms. The SMILES string of the molecule is [CH2]CC(CCCCCCC)CCCCCCCCCCC. The summed E-state index contributed by atoms with van der Waals surface area (Å²) in [7, 11) is 0. The second-order valence-corrected chi connectivity index (χ2v) is 6.97. The van der Waals surface area contributed by atoms with E-state index < -0.39 is 0 Å². The normalized spacial score (nSPS) is 12.7. The summed E-state index contributed by atoms with van der Waals surface area (Å²) in [6, 6.07) is 0. The Hall–Kier alpha value is 0. The van der Waals surface area contributed by atoms with Gasteiger partial charge in [0.25, 0.3) is 0 Å². The molecule has 0 aliphatic carbocycles. The molecule has 0 heterocycles. The summed E-state index contributed by atoms with van der Waals surface area (Å²) in [4.78, 5) is 0. The maximum Gasteiger partial charge on any atom is -0.0414 e. The highest BCUT2D eigenvalue weighted by Crippen LogP contribution is 2.21. The van der Waals surface area contributed by atoms with E-state index in [1.54, 1.807) is 0 Å². The van der Waals surface area contributed by atoms with Crippen LogP contribution in [0.25, 0.3) is 0 Å². The fourth-order valence-corrected chi connectivity index (χ4v) is 3.21. The molecule has 0 rings (SSSR count). The molecule has 0 saturated carbocycles. The molecular formula is C21H43. The minimum Gasteiger partial charge on any atom is -0.0654 e. The first-order chi connectivity index (χ1) is 10.3. The fourth-order valence-electron chi connectivity index (χ4n) is 3.21. The van der Waals surface area contributed by atoms with Crippen molar-refractivity contribution in [3.05, 3.63) is 6.92 Å². The van der Waals surface area contributed by atoms with Crippen LogP contribution in [0.5, 0.6) is 0 Å². The number of hydrogen-bond donors (Lipinski definition) is 0. The minimum atomic E-state index is 0.913. The van der Waals surface area contributed by atoms with Crippen molar-refractivity contribution in [2.75, 3.05) is 0 Å². The van der Waals surface area contributed by atoms with Crippen molar-refractivity contribution in [3.63, 3.8) is 0 Å². The van der Waals surface area contributed by atoms with Crippen LogP contribution in [0.15, 0.2) is 0 Å². The first-order valence-electron chi connectivity index (χ1n) is 10.1. The van der Waals surface area contributed by atoms with Crippen molar-refractivity contribution in [1.82, 2.24) is 0 Å². The minimum absolute atomic E-state index is 0.913. The van der Waals surface area contributed by atoms with Gasteiger partial charge in [0, 0.05) is 0 Å². The molecule has 0 saturated heterocycles. The molecule has 0 heteroatoms. The highest BCUT2D eigenvalue weighted by Gasteiger charge is 2.05. The highest BCUT2D eigenvalue weighted by atomic mass is 14.1. The zero-order valence-corrected chi connectivity index (χ0v) is 15.3. The molecule has 0 amide bonds. The zero-order valence-electron chi connectivity index (χ0n) is 15.3. The van der Waals surface area contributed by atoms with Gasteiger partial charge in [-0.2, -0.15) is 0 Å². The Kier molecular flexibility index (Phi) is 18.1. The molecule has 0 aromatic carbocycles. The second kappa shape index (κ2) is 18.1. The third-order valence-corrected chi connectivity index (χ3v) is 4.84. The van der Waals surface area contributed by atoms with Crippen LogP contribution in [-0.4, -0.2) is 0 Å². The average Bonchev–Trinajstić information content (AvgIpc) is 2.51. The summed E-state index contributed by atoms with van der Waals surface area (Å²) in [6.45, 7) is 8.75. The Morgan fingerprint density at radius 2 is 0.857 bits per heavy atom. The summed E-state index contributed by atoms with van der Waals surface area (Å²) in [5, 5.41) is 0. The van der Waals surface area contributed by atoms with Crippen molar-refractivity contribution in [1.29, 1.82) is 0 Å². The molecule has 0 nitrogen and oxygen atoms in total. The third-order valence-electron chi connectivity index (χ3n) is 4.84. The van der Waals surface area contributed by atoms with Crippen LogP contribution in [0.4, 0.5) is 0 Å². The highest BCUT2D eigenvalue weighted by molar-refractivity contribution is 4.62. The lowest BCUT2D eigenvalue weighted by Crippen LogP contribution is -1.99. The van der Waals surface area contributed by atoms with Gasteiger partial charge in [-0.1, -0.05) is 130 Å². The molecule has 0 N–H and O–H groups in total. The molecule has 0 aromatic rings. The molecule has 21 heavy (non-hydrogen) atoms. The van der Waals surface area contributed by atoms with E-state index in [0.29, 0.717) is 0 Å². The van der Waals surface area contributed by atoms with Gasteiger partial charge in [-0.25, -0.2) is 0 Å². The van der Waals surface area contributed by atoms with E-state index in [1.165, 1.54) is 103 Å². The lowest BCUT2D eigenvalue weighted by molar-refractivity contribution is 0.405. The smallest absolute Gasteiger partial charge is 0.0414 e. The van der Waals surface area contributed by atoms with E-state index in [9.17, 15) is 0 Å². The zero-order chi connectivity index (χ0) is 15.6. The quantitative estimate of drug-likeness (QED) is 0.238. The van der Waals surface area contributed by atoms with E-state index in [0.717, 1.165) is 12.3 Å².